The molecule has 1 aromatic heterocycles. The van der Waals surface area contributed by atoms with Gasteiger partial charge in [0.1, 0.15) is 0 Å². The van der Waals surface area contributed by atoms with Crippen LogP contribution in [-0.4, -0.2) is 43.1 Å². The van der Waals surface area contributed by atoms with Gasteiger partial charge in [-0.25, -0.2) is 8.42 Å². The van der Waals surface area contributed by atoms with Crippen LogP contribution in [0.4, 0.5) is 5.82 Å². The first kappa shape index (κ1) is 24.7. The fraction of sp³-hybridized carbons (Fsp3) is 0.565. The minimum atomic E-state index is -3.44. The molecule has 0 saturated heterocycles. The summed E-state index contributed by atoms with van der Waals surface area (Å²) in [5, 5.41) is 7.52. The predicted octanol–water partition coefficient (Wildman–Crippen LogP) is 4.67. The smallest absolute Gasteiger partial charge is 0.233 e. The van der Waals surface area contributed by atoms with Crippen LogP contribution >= 0.6 is 11.6 Å². The number of nitrogens with zero attached hydrogens (tertiary/aromatic N) is 2. The van der Waals surface area contributed by atoms with E-state index in [0.717, 1.165) is 19.1 Å². The second-order valence-electron chi connectivity index (χ2n) is 9.25. The lowest BCUT2D eigenvalue weighted by atomic mass is 9.87. The lowest BCUT2D eigenvalue weighted by molar-refractivity contribution is -0.118. The van der Waals surface area contributed by atoms with E-state index in [0.29, 0.717) is 30.3 Å². The minimum absolute atomic E-state index is 0.0717. The lowest BCUT2D eigenvalue weighted by Crippen LogP contribution is -2.29. The number of sulfone groups is 1. The lowest BCUT2D eigenvalue weighted by Gasteiger charge is -2.22. The second kappa shape index (κ2) is 9.93. The molecule has 1 aliphatic rings. The number of amides is 1. The molecule has 1 aliphatic carbocycles. The summed E-state index contributed by atoms with van der Waals surface area (Å²) in [6, 6.07) is 6.55. The van der Waals surface area contributed by atoms with Crippen LogP contribution in [0.15, 0.2) is 35.4 Å². The molecule has 2 aromatic rings. The van der Waals surface area contributed by atoms with E-state index in [2.05, 4.69) is 10.4 Å². The Balaban J connectivity index is 1.82. The van der Waals surface area contributed by atoms with Gasteiger partial charge in [-0.2, -0.15) is 5.10 Å². The maximum atomic E-state index is 13.3. The first-order valence-corrected chi connectivity index (χ1v) is 13.1. The highest BCUT2D eigenvalue weighted by Gasteiger charge is 2.28. The number of nitrogens with one attached hydrogen (secondary N) is 1. The Bertz CT molecular complexity index is 1060. The third-order valence-corrected chi connectivity index (χ3v) is 7.69. The van der Waals surface area contributed by atoms with Crippen LogP contribution in [0, 0.1) is 5.92 Å². The van der Waals surface area contributed by atoms with Gasteiger partial charge in [0, 0.05) is 25.6 Å². The molecular weight excluding hydrogens is 450 g/mol. The van der Waals surface area contributed by atoms with Crippen molar-refractivity contribution in [3.8, 4) is 0 Å². The summed E-state index contributed by atoms with van der Waals surface area (Å²) < 4.78 is 31.0. The maximum Gasteiger partial charge on any atom is 0.233 e. The average molecular weight is 482 g/mol. The van der Waals surface area contributed by atoms with Gasteiger partial charge in [-0.05, 0) is 43.9 Å². The second-order valence-corrected chi connectivity index (χ2v) is 11.6. The fourth-order valence-electron chi connectivity index (χ4n) is 4.19. The van der Waals surface area contributed by atoms with Crippen molar-refractivity contribution in [2.24, 2.45) is 5.92 Å². The third kappa shape index (κ3) is 6.33. The standard InChI is InChI=1S/C23H32ClN3O4S/c1-23(2,31-3)15-27-12-11-21(26-27)25-22(28)18(13-16-7-5-6-8-16)17-9-10-20(19(24)14-17)32(4,29)30/h9-12,14,16,18H,5-8,13,15H2,1-4H3,(H,25,26,28)/t18-/m1/s1. The molecule has 1 fully saturated rings. The van der Waals surface area contributed by atoms with E-state index >= 15 is 0 Å². The van der Waals surface area contributed by atoms with Crippen LogP contribution in [0.3, 0.4) is 0 Å². The molecular formula is C23H32ClN3O4S. The summed E-state index contributed by atoms with van der Waals surface area (Å²) in [6.07, 6.45) is 8.16. The molecule has 0 aliphatic heterocycles. The zero-order valence-electron chi connectivity index (χ0n) is 19.1. The van der Waals surface area contributed by atoms with Gasteiger partial charge < -0.3 is 10.1 Å². The van der Waals surface area contributed by atoms with Crippen molar-refractivity contribution >= 4 is 33.2 Å². The Labute approximate surface area is 195 Å². The molecule has 1 aromatic carbocycles. The highest BCUT2D eigenvalue weighted by molar-refractivity contribution is 7.90. The number of hydrogen-bond acceptors (Lipinski definition) is 5. The number of benzene rings is 1. The number of ether oxygens (including phenoxy) is 1. The number of carbonyl (C=O) groups excluding carboxylic acids is 1. The summed E-state index contributed by atoms with van der Waals surface area (Å²) in [6.45, 7) is 4.48. The van der Waals surface area contributed by atoms with Gasteiger partial charge in [0.15, 0.2) is 15.7 Å². The molecule has 1 atom stereocenters. The quantitative estimate of drug-likeness (QED) is 0.562. The SMILES string of the molecule is COC(C)(C)Cn1ccc(NC(=O)[C@H](CC2CCCC2)c2ccc(S(C)(=O)=O)c(Cl)c2)n1. The Hall–Kier alpha value is -1.90. The summed E-state index contributed by atoms with van der Waals surface area (Å²) in [4.78, 5) is 13.4. The van der Waals surface area contributed by atoms with Crippen LogP contribution in [-0.2, 0) is 25.9 Å². The largest absolute Gasteiger partial charge is 0.377 e. The maximum absolute atomic E-state index is 13.3. The first-order chi connectivity index (χ1) is 15.0. The van der Waals surface area contributed by atoms with Gasteiger partial charge in [-0.15, -0.1) is 0 Å². The number of anilines is 1. The summed E-state index contributed by atoms with van der Waals surface area (Å²) in [5.41, 5.74) is 0.336. The Morgan fingerprint density at radius 1 is 1.31 bits per heavy atom. The number of carbonyl (C=O) groups is 1. The van der Waals surface area contributed by atoms with Crippen molar-refractivity contribution in [2.45, 2.75) is 68.9 Å². The summed E-state index contributed by atoms with van der Waals surface area (Å²) in [5.74, 6) is 0.317. The van der Waals surface area contributed by atoms with Crippen molar-refractivity contribution < 1.29 is 17.9 Å². The topological polar surface area (TPSA) is 90.3 Å². The highest BCUT2D eigenvalue weighted by atomic mass is 35.5. The van der Waals surface area contributed by atoms with Crippen molar-refractivity contribution in [2.75, 3.05) is 18.7 Å². The van der Waals surface area contributed by atoms with Crippen LogP contribution < -0.4 is 5.32 Å². The van der Waals surface area contributed by atoms with Gasteiger partial charge in [0.05, 0.1) is 28.0 Å². The molecule has 1 heterocycles. The van der Waals surface area contributed by atoms with Crippen LogP contribution in [0.2, 0.25) is 5.02 Å². The van der Waals surface area contributed by atoms with Gasteiger partial charge in [0.25, 0.3) is 0 Å². The average Bonchev–Trinajstić information content (AvgIpc) is 3.36. The molecule has 7 nitrogen and oxygen atoms in total. The zero-order valence-corrected chi connectivity index (χ0v) is 20.7. The first-order valence-electron chi connectivity index (χ1n) is 10.9. The predicted molar refractivity (Wildman–Crippen MR) is 126 cm³/mol. The van der Waals surface area contributed by atoms with E-state index in [1.807, 2.05) is 13.8 Å². The van der Waals surface area contributed by atoms with Crippen LogP contribution in [0.1, 0.15) is 57.4 Å². The van der Waals surface area contributed by atoms with Crippen molar-refractivity contribution in [3.05, 3.63) is 41.0 Å². The van der Waals surface area contributed by atoms with E-state index in [-0.39, 0.29) is 21.4 Å². The van der Waals surface area contributed by atoms with E-state index in [4.69, 9.17) is 16.3 Å². The molecule has 176 valence electrons. The minimum Gasteiger partial charge on any atom is -0.377 e. The van der Waals surface area contributed by atoms with E-state index in [1.54, 1.807) is 36.2 Å². The molecule has 1 amide bonds. The van der Waals surface area contributed by atoms with Crippen LogP contribution in [0.5, 0.6) is 0 Å². The Kier molecular flexibility index (Phi) is 7.68. The molecule has 32 heavy (non-hydrogen) atoms. The van der Waals surface area contributed by atoms with E-state index in [9.17, 15) is 13.2 Å². The number of aromatic nitrogens is 2. The van der Waals surface area contributed by atoms with Crippen molar-refractivity contribution in [1.29, 1.82) is 0 Å². The number of methoxy groups -OCH3 is 1. The normalized spacial score (nSPS) is 16.3. The number of rotatable bonds is 9. The van der Waals surface area contributed by atoms with Gasteiger partial charge >= 0.3 is 0 Å². The number of hydrogen-bond donors (Lipinski definition) is 1. The van der Waals surface area contributed by atoms with Gasteiger partial charge in [0.2, 0.25) is 5.91 Å². The van der Waals surface area contributed by atoms with Gasteiger partial charge in [-0.1, -0.05) is 43.4 Å². The number of halogens is 1. The Morgan fingerprint density at radius 3 is 2.59 bits per heavy atom. The zero-order chi connectivity index (χ0) is 23.5. The fourth-order valence-corrected chi connectivity index (χ4v) is 5.53. The molecule has 9 heteroatoms. The molecule has 0 bridgehead atoms. The molecule has 0 radical (unpaired) electrons. The Morgan fingerprint density at radius 2 is 2.00 bits per heavy atom. The summed E-state index contributed by atoms with van der Waals surface area (Å²) in [7, 11) is -1.78. The van der Waals surface area contributed by atoms with E-state index < -0.39 is 15.8 Å². The van der Waals surface area contributed by atoms with Crippen molar-refractivity contribution in [3.63, 3.8) is 0 Å². The van der Waals surface area contributed by atoms with Crippen LogP contribution in [0.25, 0.3) is 0 Å². The van der Waals surface area contributed by atoms with Crippen molar-refractivity contribution in [1.82, 2.24) is 9.78 Å². The van der Waals surface area contributed by atoms with Gasteiger partial charge in [-0.3, -0.25) is 9.48 Å². The third-order valence-electron chi connectivity index (χ3n) is 6.11. The summed E-state index contributed by atoms with van der Waals surface area (Å²) >= 11 is 6.28. The monoisotopic (exact) mass is 481 g/mol. The molecule has 1 saturated carbocycles. The molecule has 0 unspecified atom stereocenters. The van der Waals surface area contributed by atoms with E-state index in [1.165, 1.54) is 18.9 Å². The molecule has 3 rings (SSSR count). The molecule has 0 spiro atoms. The molecule has 1 N–H and O–H groups in total. The highest BCUT2D eigenvalue weighted by Crippen LogP contribution is 2.36.